The number of ether oxygens (including phenoxy) is 1. The van der Waals surface area contributed by atoms with Crippen molar-refractivity contribution in [3.8, 4) is 5.75 Å². The van der Waals surface area contributed by atoms with Crippen molar-refractivity contribution >= 4 is 35.0 Å². The Labute approximate surface area is 188 Å². The molecule has 2 amide bonds. The lowest BCUT2D eigenvalue weighted by Gasteiger charge is -2.33. The number of hydrogen-bond acceptors (Lipinski definition) is 3. The van der Waals surface area contributed by atoms with Gasteiger partial charge in [-0.2, -0.15) is 0 Å². The zero-order valence-corrected chi connectivity index (χ0v) is 19.3. The molecular formula is C23H28Cl2N2O3. The molecule has 2 aromatic rings. The lowest BCUT2D eigenvalue weighted by atomic mass is 10.1. The van der Waals surface area contributed by atoms with Gasteiger partial charge in [0.15, 0.2) is 6.61 Å². The molecule has 7 heteroatoms. The number of rotatable bonds is 8. The van der Waals surface area contributed by atoms with E-state index < -0.39 is 11.6 Å². The second-order valence-corrected chi connectivity index (χ2v) is 8.93. The maximum Gasteiger partial charge on any atom is 0.261 e. The molecule has 1 atom stereocenters. The molecule has 0 aliphatic rings. The molecule has 30 heavy (non-hydrogen) atoms. The summed E-state index contributed by atoms with van der Waals surface area (Å²) < 4.78 is 5.63. The third-order valence-electron chi connectivity index (χ3n) is 4.33. The van der Waals surface area contributed by atoms with Crippen molar-refractivity contribution in [2.24, 2.45) is 0 Å². The average molecular weight is 451 g/mol. The molecule has 2 aromatic carbocycles. The lowest BCUT2D eigenvalue weighted by Crippen LogP contribution is -2.54. The number of halogens is 2. The molecule has 0 aliphatic carbocycles. The van der Waals surface area contributed by atoms with Gasteiger partial charge < -0.3 is 15.0 Å². The Morgan fingerprint density at radius 2 is 1.53 bits per heavy atom. The number of benzene rings is 2. The van der Waals surface area contributed by atoms with E-state index in [1.54, 1.807) is 41.3 Å². The van der Waals surface area contributed by atoms with E-state index in [-0.39, 0.29) is 25.0 Å². The van der Waals surface area contributed by atoms with Crippen LogP contribution in [-0.4, -0.2) is 34.9 Å². The van der Waals surface area contributed by atoms with Crippen LogP contribution in [0.2, 0.25) is 10.0 Å². The topological polar surface area (TPSA) is 58.6 Å². The second-order valence-electron chi connectivity index (χ2n) is 8.05. The molecule has 0 fully saturated rings. The number of amides is 2. The van der Waals surface area contributed by atoms with Gasteiger partial charge in [-0.3, -0.25) is 9.59 Å². The largest absolute Gasteiger partial charge is 0.484 e. The van der Waals surface area contributed by atoms with Crippen molar-refractivity contribution in [2.75, 3.05) is 6.61 Å². The summed E-state index contributed by atoms with van der Waals surface area (Å²) in [6.07, 6.45) is 0.474. The molecule has 1 N–H and O–H groups in total. The highest BCUT2D eigenvalue weighted by Crippen LogP contribution is 2.18. The summed E-state index contributed by atoms with van der Waals surface area (Å²) in [4.78, 5) is 27.6. The zero-order chi connectivity index (χ0) is 22.3. The van der Waals surface area contributed by atoms with Gasteiger partial charge in [0, 0.05) is 22.1 Å². The summed E-state index contributed by atoms with van der Waals surface area (Å²) in [5.74, 6) is 0.0565. The van der Waals surface area contributed by atoms with E-state index in [4.69, 9.17) is 27.9 Å². The van der Waals surface area contributed by atoms with Crippen LogP contribution in [0.4, 0.5) is 0 Å². The minimum atomic E-state index is -0.624. The normalized spacial score (nSPS) is 12.2. The molecule has 0 radical (unpaired) electrons. The monoisotopic (exact) mass is 450 g/mol. The molecule has 0 saturated heterocycles. The van der Waals surface area contributed by atoms with E-state index in [0.717, 1.165) is 5.56 Å². The van der Waals surface area contributed by atoms with E-state index in [0.29, 0.717) is 22.2 Å². The Morgan fingerprint density at radius 1 is 1.00 bits per heavy atom. The summed E-state index contributed by atoms with van der Waals surface area (Å²) in [7, 11) is 0. The van der Waals surface area contributed by atoms with E-state index in [1.807, 2.05) is 39.8 Å². The zero-order valence-electron chi connectivity index (χ0n) is 17.7. The van der Waals surface area contributed by atoms with Gasteiger partial charge >= 0.3 is 0 Å². The molecule has 0 aliphatic heterocycles. The van der Waals surface area contributed by atoms with Crippen LogP contribution in [0.3, 0.4) is 0 Å². The quantitative estimate of drug-likeness (QED) is 0.608. The fraction of sp³-hybridized carbons (Fsp3) is 0.391. The molecule has 2 rings (SSSR count). The minimum Gasteiger partial charge on any atom is -0.484 e. The van der Waals surface area contributed by atoms with Crippen LogP contribution >= 0.6 is 23.2 Å². The van der Waals surface area contributed by atoms with Crippen molar-refractivity contribution in [3.63, 3.8) is 0 Å². The first-order valence-corrected chi connectivity index (χ1v) is 10.6. The number of carbonyl (C=O) groups is 2. The van der Waals surface area contributed by atoms with Gasteiger partial charge in [0.05, 0.1) is 0 Å². The highest BCUT2D eigenvalue weighted by Gasteiger charge is 2.30. The standard InChI is InChI=1S/C23H28Cl2N2O3/c1-5-20(22(29)26-23(2,3)4)27(14-16-6-8-17(24)9-7-16)21(28)15-30-19-12-10-18(25)11-13-19/h6-13,20H,5,14-15H2,1-4H3,(H,26,29). The third-order valence-corrected chi connectivity index (χ3v) is 4.83. The van der Waals surface area contributed by atoms with Gasteiger partial charge in [0.1, 0.15) is 11.8 Å². The van der Waals surface area contributed by atoms with Gasteiger partial charge in [0.25, 0.3) is 5.91 Å². The van der Waals surface area contributed by atoms with Crippen LogP contribution in [-0.2, 0) is 16.1 Å². The van der Waals surface area contributed by atoms with E-state index in [9.17, 15) is 9.59 Å². The van der Waals surface area contributed by atoms with Crippen molar-refractivity contribution in [1.29, 1.82) is 0 Å². The van der Waals surface area contributed by atoms with Crippen molar-refractivity contribution in [3.05, 3.63) is 64.1 Å². The maximum absolute atomic E-state index is 13.1. The van der Waals surface area contributed by atoms with Gasteiger partial charge in [0.2, 0.25) is 5.91 Å². The summed E-state index contributed by atoms with van der Waals surface area (Å²) >= 11 is 11.9. The fourth-order valence-electron chi connectivity index (χ4n) is 2.92. The van der Waals surface area contributed by atoms with Crippen LogP contribution in [0.25, 0.3) is 0 Å². The van der Waals surface area contributed by atoms with E-state index in [1.165, 1.54) is 0 Å². The van der Waals surface area contributed by atoms with Crippen LogP contribution in [0.15, 0.2) is 48.5 Å². The molecule has 0 heterocycles. The van der Waals surface area contributed by atoms with Gasteiger partial charge in [-0.05, 0) is 69.2 Å². The van der Waals surface area contributed by atoms with E-state index >= 15 is 0 Å². The Kier molecular flexibility index (Phi) is 8.56. The first kappa shape index (κ1) is 24.0. The Morgan fingerprint density at radius 3 is 2.03 bits per heavy atom. The molecule has 1 unspecified atom stereocenters. The number of hydrogen-bond donors (Lipinski definition) is 1. The number of nitrogens with zero attached hydrogens (tertiary/aromatic N) is 1. The predicted molar refractivity (Wildman–Crippen MR) is 121 cm³/mol. The molecule has 5 nitrogen and oxygen atoms in total. The van der Waals surface area contributed by atoms with Crippen molar-refractivity contribution < 1.29 is 14.3 Å². The molecule has 0 bridgehead atoms. The van der Waals surface area contributed by atoms with Gasteiger partial charge in [-0.25, -0.2) is 0 Å². The second kappa shape index (κ2) is 10.7. The lowest BCUT2D eigenvalue weighted by molar-refractivity contribution is -0.143. The molecular weight excluding hydrogens is 423 g/mol. The average Bonchev–Trinajstić information content (AvgIpc) is 2.67. The van der Waals surface area contributed by atoms with Crippen LogP contribution in [0, 0.1) is 0 Å². The predicted octanol–water partition coefficient (Wildman–Crippen LogP) is 5.09. The van der Waals surface area contributed by atoms with Gasteiger partial charge in [-0.1, -0.05) is 42.3 Å². The molecule has 162 valence electrons. The van der Waals surface area contributed by atoms with Crippen molar-refractivity contribution in [2.45, 2.75) is 52.2 Å². The number of nitrogens with one attached hydrogen (secondary N) is 1. The Balaban J connectivity index is 2.21. The first-order valence-electron chi connectivity index (χ1n) is 9.83. The summed E-state index contributed by atoms with van der Waals surface area (Å²) in [6.45, 7) is 7.70. The first-order chi connectivity index (χ1) is 14.1. The highest BCUT2D eigenvalue weighted by atomic mass is 35.5. The smallest absolute Gasteiger partial charge is 0.261 e. The SMILES string of the molecule is CCC(C(=O)NC(C)(C)C)N(Cc1ccc(Cl)cc1)C(=O)COc1ccc(Cl)cc1. The molecule has 0 saturated carbocycles. The minimum absolute atomic E-state index is 0.186. The van der Waals surface area contributed by atoms with Gasteiger partial charge in [-0.15, -0.1) is 0 Å². The van der Waals surface area contributed by atoms with Crippen LogP contribution < -0.4 is 10.1 Å². The Hall–Kier alpha value is -2.24. The molecule has 0 aromatic heterocycles. The fourth-order valence-corrected chi connectivity index (χ4v) is 3.17. The summed E-state index contributed by atoms with van der Waals surface area (Å²) in [5.41, 5.74) is 0.473. The van der Waals surface area contributed by atoms with Crippen LogP contribution in [0.5, 0.6) is 5.75 Å². The third kappa shape index (κ3) is 7.54. The summed E-state index contributed by atoms with van der Waals surface area (Å²) in [5, 5.41) is 4.17. The summed E-state index contributed by atoms with van der Waals surface area (Å²) in [6, 6.07) is 13.4. The Bertz CT molecular complexity index is 846. The molecule has 0 spiro atoms. The highest BCUT2D eigenvalue weighted by molar-refractivity contribution is 6.30. The van der Waals surface area contributed by atoms with Crippen molar-refractivity contribution in [1.82, 2.24) is 10.2 Å². The maximum atomic E-state index is 13.1. The van der Waals surface area contributed by atoms with Crippen LogP contribution in [0.1, 0.15) is 39.7 Å². The van der Waals surface area contributed by atoms with E-state index in [2.05, 4.69) is 5.32 Å². The number of carbonyl (C=O) groups excluding carboxylic acids is 2.